The van der Waals surface area contributed by atoms with Crippen molar-refractivity contribution in [2.75, 3.05) is 25.5 Å². The maximum atomic E-state index is 12.6. The summed E-state index contributed by atoms with van der Waals surface area (Å²) < 4.78 is 48.0. The fourth-order valence-electron chi connectivity index (χ4n) is 2.89. The van der Waals surface area contributed by atoms with Crippen molar-refractivity contribution in [2.45, 2.75) is 13.0 Å². The first kappa shape index (κ1) is 26.0. The second-order valence-corrected chi connectivity index (χ2v) is 7.65. The zero-order valence-electron chi connectivity index (χ0n) is 17.2. The molecule has 0 bridgehead atoms. The molecular formula is C20H26N2O8S. The predicted molar refractivity (Wildman–Crippen MR) is 113 cm³/mol. The molecular weight excluding hydrogens is 428 g/mol. The van der Waals surface area contributed by atoms with E-state index in [-0.39, 0.29) is 31.5 Å². The summed E-state index contributed by atoms with van der Waals surface area (Å²) in [5.74, 6) is -1.63. The normalized spacial score (nSPS) is 11.2. The molecule has 2 aromatic rings. The fourth-order valence-corrected chi connectivity index (χ4v) is 3.33. The van der Waals surface area contributed by atoms with Crippen LogP contribution in [0.5, 0.6) is 0 Å². The topological polar surface area (TPSA) is 163 Å². The molecule has 0 heterocycles. The molecule has 2 rings (SSSR count). The van der Waals surface area contributed by atoms with Crippen LogP contribution in [0.2, 0.25) is 0 Å². The first-order valence-electron chi connectivity index (χ1n) is 8.83. The lowest BCUT2D eigenvalue weighted by atomic mass is 9.82. The molecule has 0 unspecified atom stereocenters. The zero-order valence-corrected chi connectivity index (χ0v) is 18.1. The summed E-state index contributed by atoms with van der Waals surface area (Å²) in [7, 11) is -2.09. The molecule has 0 aliphatic carbocycles. The van der Waals surface area contributed by atoms with E-state index in [0.29, 0.717) is 5.56 Å². The standard InChI is InChI=1S/C20H23NO8S.H3N/c1-27-18(22)20(19(23)28-2,14-29-13-16-6-4-3-5-7-16)12-15-8-10-17(11-9-15)21-30(24,25)26;/h3-11,21H,12-14H2,1-2H3,(H,24,25,26);1H3. The van der Waals surface area contributed by atoms with Crippen molar-refractivity contribution in [3.8, 4) is 0 Å². The molecule has 0 amide bonds. The first-order valence-corrected chi connectivity index (χ1v) is 10.3. The second kappa shape index (κ2) is 11.4. The summed E-state index contributed by atoms with van der Waals surface area (Å²) in [5.41, 5.74) is -0.254. The third kappa shape index (κ3) is 7.33. The molecule has 0 aromatic heterocycles. The summed E-state index contributed by atoms with van der Waals surface area (Å²) in [6.07, 6.45) is -0.104. The van der Waals surface area contributed by atoms with Gasteiger partial charge in [0.1, 0.15) is 0 Å². The van der Waals surface area contributed by atoms with Gasteiger partial charge in [0.2, 0.25) is 0 Å². The number of carbonyl (C=O) groups excluding carboxylic acids is 2. The van der Waals surface area contributed by atoms with Gasteiger partial charge in [0.25, 0.3) is 0 Å². The Balaban J connectivity index is 0.00000480. The highest BCUT2D eigenvalue weighted by molar-refractivity contribution is 7.87. The highest BCUT2D eigenvalue weighted by Crippen LogP contribution is 2.29. The van der Waals surface area contributed by atoms with Gasteiger partial charge in [-0.1, -0.05) is 42.5 Å². The second-order valence-electron chi connectivity index (χ2n) is 6.49. The largest absolute Gasteiger partial charge is 0.468 e. The predicted octanol–water partition coefficient (Wildman–Crippen LogP) is 2.15. The fraction of sp³-hybridized carbons (Fsp3) is 0.300. The van der Waals surface area contributed by atoms with Crippen molar-refractivity contribution in [2.24, 2.45) is 5.41 Å². The number of nitrogens with one attached hydrogen (secondary N) is 1. The third-order valence-electron chi connectivity index (χ3n) is 4.32. The maximum Gasteiger partial charge on any atom is 0.357 e. The molecule has 11 heteroatoms. The Kier molecular flexibility index (Phi) is 9.59. The summed E-state index contributed by atoms with van der Waals surface area (Å²) in [6.45, 7) is -0.111. The van der Waals surface area contributed by atoms with Crippen LogP contribution >= 0.6 is 0 Å². The lowest BCUT2D eigenvalue weighted by molar-refractivity contribution is -0.174. The smallest absolute Gasteiger partial charge is 0.357 e. The van der Waals surface area contributed by atoms with Crippen LogP contribution in [0, 0.1) is 5.41 Å². The first-order chi connectivity index (χ1) is 14.2. The molecule has 0 aliphatic rings. The van der Waals surface area contributed by atoms with Gasteiger partial charge in [-0.3, -0.25) is 18.9 Å². The van der Waals surface area contributed by atoms with Crippen LogP contribution in [-0.4, -0.2) is 45.7 Å². The summed E-state index contributed by atoms with van der Waals surface area (Å²) in [5, 5.41) is 0. The summed E-state index contributed by atoms with van der Waals surface area (Å²) in [6, 6.07) is 15.0. The zero-order chi connectivity index (χ0) is 22.2. The van der Waals surface area contributed by atoms with Crippen molar-refractivity contribution in [3.63, 3.8) is 0 Å². The molecule has 0 atom stereocenters. The number of esters is 2. The van der Waals surface area contributed by atoms with Crippen LogP contribution in [0.3, 0.4) is 0 Å². The van der Waals surface area contributed by atoms with E-state index in [0.717, 1.165) is 19.8 Å². The van der Waals surface area contributed by atoms with Crippen LogP contribution in [-0.2, 0) is 47.1 Å². The number of hydrogen-bond donors (Lipinski definition) is 3. The Morgan fingerprint density at radius 2 is 1.48 bits per heavy atom. The van der Waals surface area contributed by atoms with E-state index in [9.17, 15) is 18.0 Å². The van der Waals surface area contributed by atoms with Crippen LogP contribution in [0.25, 0.3) is 0 Å². The number of rotatable bonds is 10. The third-order valence-corrected chi connectivity index (χ3v) is 4.81. The number of hydrogen-bond acceptors (Lipinski definition) is 8. The quantitative estimate of drug-likeness (QED) is 0.277. The minimum absolute atomic E-state index is 0. The Bertz CT molecular complexity index is 946. The minimum Gasteiger partial charge on any atom is -0.468 e. The van der Waals surface area contributed by atoms with E-state index in [2.05, 4.69) is 0 Å². The number of ether oxygens (including phenoxy) is 3. The SMILES string of the molecule is COC(=O)C(COCc1ccccc1)(Cc1ccc(NS(=O)(=O)O)cc1)C(=O)OC.N. The van der Waals surface area contributed by atoms with Gasteiger partial charge in [0.05, 0.1) is 33.1 Å². The molecule has 0 aliphatic heterocycles. The molecule has 0 spiro atoms. The summed E-state index contributed by atoms with van der Waals surface area (Å²) >= 11 is 0. The molecule has 0 saturated carbocycles. The van der Waals surface area contributed by atoms with Gasteiger partial charge in [0.15, 0.2) is 5.41 Å². The Morgan fingerprint density at radius 3 is 1.97 bits per heavy atom. The monoisotopic (exact) mass is 454 g/mol. The van der Waals surface area contributed by atoms with E-state index < -0.39 is 27.7 Å². The molecule has 0 radical (unpaired) electrons. The number of methoxy groups -OCH3 is 2. The molecule has 0 saturated heterocycles. The minimum atomic E-state index is -4.42. The number of benzene rings is 2. The lowest BCUT2D eigenvalue weighted by Gasteiger charge is -2.28. The van der Waals surface area contributed by atoms with Gasteiger partial charge in [0, 0.05) is 6.42 Å². The Hall–Kier alpha value is -2.99. The van der Waals surface area contributed by atoms with Crippen LogP contribution in [0.15, 0.2) is 54.6 Å². The molecule has 2 aromatic carbocycles. The molecule has 31 heavy (non-hydrogen) atoms. The van der Waals surface area contributed by atoms with Crippen molar-refractivity contribution in [1.82, 2.24) is 6.15 Å². The average molecular weight is 455 g/mol. The highest BCUT2D eigenvalue weighted by atomic mass is 32.2. The molecule has 0 fully saturated rings. The lowest BCUT2D eigenvalue weighted by Crippen LogP contribution is -2.47. The van der Waals surface area contributed by atoms with Gasteiger partial charge in [-0.25, -0.2) is 0 Å². The van der Waals surface area contributed by atoms with Crippen LogP contribution < -0.4 is 10.9 Å². The average Bonchev–Trinajstić information content (AvgIpc) is 2.72. The van der Waals surface area contributed by atoms with Gasteiger partial charge in [-0.2, -0.15) is 8.42 Å². The van der Waals surface area contributed by atoms with E-state index >= 15 is 0 Å². The Morgan fingerprint density at radius 1 is 0.935 bits per heavy atom. The van der Waals surface area contributed by atoms with Crippen LogP contribution in [0.1, 0.15) is 11.1 Å². The highest BCUT2D eigenvalue weighted by Gasteiger charge is 2.49. The maximum absolute atomic E-state index is 12.6. The van der Waals surface area contributed by atoms with Crippen molar-refractivity contribution >= 4 is 27.9 Å². The van der Waals surface area contributed by atoms with Gasteiger partial charge >= 0.3 is 22.2 Å². The van der Waals surface area contributed by atoms with E-state index in [1.807, 2.05) is 35.1 Å². The molecule has 5 N–H and O–H groups in total. The van der Waals surface area contributed by atoms with E-state index in [4.69, 9.17) is 18.8 Å². The van der Waals surface area contributed by atoms with E-state index in [1.54, 1.807) is 0 Å². The number of carbonyl (C=O) groups is 2. The van der Waals surface area contributed by atoms with Crippen molar-refractivity contribution < 1.29 is 36.8 Å². The molecule has 10 nitrogen and oxygen atoms in total. The van der Waals surface area contributed by atoms with Gasteiger partial charge in [-0.15, -0.1) is 0 Å². The van der Waals surface area contributed by atoms with Crippen molar-refractivity contribution in [3.05, 3.63) is 65.7 Å². The number of anilines is 1. The molecule has 170 valence electrons. The summed E-state index contributed by atoms with van der Waals surface area (Å²) in [4.78, 5) is 25.2. The van der Waals surface area contributed by atoms with Gasteiger partial charge < -0.3 is 20.4 Å². The van der Waals surface area contributed by atoms with Crippen molar-refractivity contribution in [1.29, 1.82) is 0 Å². The van der Waals surface area contributed by atoms with E-state index in [1.165, 1.54) is 24.3 Å². The van der Waals surface area contributed by atoms with Crippen LogP contribution in [0.4, 0.5) is 5.69 Å². The van der Waals surface area contributed by atoms with Gasteiger partial charge in [-0.05, 0) is 23.3 Å². The Labute approximate surface area is 181 Å².